The van der Waals surface area contributed by atoms with Crippen LogP contribution in [0.3, 0.4) is 0 Å². The second kappa shape index (κ2) is 9.40. The van der Waals surface area contributed by atoms with Gasteiger partial charge in [-0.1, -0.05) is 127 Å². The molecule has 2 aromatic heterocycles. The SMILES string of the molecule is c1ccc2c(c1)-c1ccccc1C21c2ccccc2-c2cc3c(cc21)oc1ccc(-c2ccc(-c4cccc5cccnc45)cc2)cc13. The lowest BCUT2D eigenvalue weighted by Crippen LogP contribution is -2.25. The third kappa shape index (κ3) is 3.29. The van der Waals surface area contributed by atoms with Crippen molar-refractivity contribution in [1.82, 2.24) is 4.98 Å². The summed E-state index contributed by atoms with van der Waals surface area (Å²) in [6.45, 7) is 0. The Balaban J connectivity index is 1.09. The molecule has 2 nitrogen and oxygen atoms in total. The molecule has 2 aliphatic carbocycles. The summed E-state index contributed by atoms with van der Waals surface area (Å²) < 4.78 is 6.66. The third-order valence-electron chi connectivity index (χ3n) is 10.7. The van der Waals surface area contributed by atoms with E-state index in [1.807, 2.05) is 12.3 Å². The molecule has 2 heteroatoms. The number of rotatable bonds is 2. The van der Waals surface area contributed by atoms with Gasteiger partial charge in [-0.25, -0.2) is 0 Å². The fourth-order valence-corrected chi connectivity index (χ4v) is 8.72. The number of aromatic nitrogens is 1. The minimum Gasteiger partial charge on any atom is -0.456 e. The molecule has 0 aliphatic heterocycles. The van der Waals surface area contributed by atoms with Gasteiger partial charge in [-0.05, 0) is 91.5 Å². The molecular formula is C46H27NO. The van der Waals surface area contributed by atoms with Crippen molar-refractivity contribution in [2.45, 2.75) is 5.41 Å². The van der Waals surface area contributed by atoms with E-state index in [1.165, 1.54) is 55.6 Å². The van der Waals surface area contributed by atoms with Crippen molar-refractivity contribution in [3.05, 3.63) is 186 Å². The Morgan fingerprint density at radius 3 is 1.71 bits per heavy atom. The summed E-state index contributed by atoms with van der Waals surface area (Å²) in [6.07, 6.45) is 1.87. The average Bonchev–Trinajstić information content (AvgIpc) is 3.77. The third-order valence-corrected chi connectivity index (χ3v) is 10.7. The number of furan rings is 1. The van der Waals surface area contributed by atoms with E-state index in [1.54, 1.807) is 0 Å². The maximum atomic E-state index is 6.66. The van der Waals surface area contributed by atoms with Crippen LogP contribution in [-0.4, -0.2) is 4.98 Å². The lowest BCUT2D eigenvalue weighted by Gasteiger charge is -2.30. The van der Waals surface area contributed by atoms with Gasteiger partial charge >= 0.3 is 0 Å². The Labute approximate surface area is 277 Å². The fraction of sp³-hybridized carbons (Fsp3) is 0.0217. The topological polar surface area (TPSA) is 26.0 Å². The van der Waals surface area contributed by atoms with Crippen molar-refractivity contribution < 1.29 is 4.42 Å². The Morgan fingerprint density at radius 2 is 0.979 bits per heavy atom. The van der Waals surface area contributed by atoms with Gasteiger partial charge in [0.2, 0.25) is 0 Å². The molecule has 0 atom stereocenters. The highest BCUT2D eigenvalue weighted by Gasteiger charge is 2.51. The van der Waals surface area contributed by atoms with Gasteiger partial charge in [0, 0.05) is 27.9 Å². The van der Waals surface area contributed by atoms with Crippen LogP contribution < -0.4 is 0 Å². The molecule has 0 fully saturated rings. The summed E-state index contributed by atoms with van der Waals surface area (Å²) in [4.78, 5) is 4.67. The van der Waals surface area contributed by atoms with Gasteiger partial charge in [0.15, 0.2) is 0 Å². The van der Waals surface area contributed by atoms with E-state index in [2.05, 4.69) is 157 Å². The lowest BCUT2D eigenvalue weighted by atomic mass is 9.70. The van der Waals surface area contributed by atoms with Crippen molar-refractivity contribution in [1.29, 1.82) is 0 Å². The highest BCUT2D eigenvalue weighted by molar-refractivity contribution is 6.10. The summed E-state index contributed by atoms with van der Waals surface area (Å²) in [5.74, 6) is 0. The Hall–Kier alpha value is -6.25. The Kier molecular flexibility index (Phi) is 5.07. The lowest BCUT2D eigenvalue weighted by molar-refractivity contribution is 0.666. The number of hydrogen-bond acceptors (Lipinski definition) is 2. The maximum absolute atomic E-state index is 6.66. The molecule has 0 radical (unpaired) electrons. The number of benzene rings is 7. The van der Waals surface area contributed by atoms with Crippen molar-refractivity contribution >= 4 is 32.8 Å². The van der Waals surface area contributed by atoms with E-state index in [-0.39, 0.29) is 5.41 Å². The van der Waals surface area contributed by atoms with E-state index in [4.69, 9.17) is 4.42 Å². The first-order valence-electron chi connectivity index (χ1n) is 16.5. The van der Waals surface area contributed by atoms with E-state index in [0.29, 0.717) is 0 Å². The monoisotopic (exact) mass is 609 g/mol. The molecule has 2 heterocycles. The predicted octanol–water partition coefficient (Wildman–Crippen LogP) is 11.8. The van der Waals surface area contributed by atoms with Gasteiger partial charge in [-0.3, -0.25) is 4.98 Å². The van der Waals surface area contributed by atoms with Crippen LogP contribution >= 0.6 is 0 Å². The normalized spacial score (nSPS) is 13.6. The van der Waals surface area contributed by atoms with Crippen LogP contribution in [0.15, 0.2) is 168 Å². The van der Waals surface area contributed by atoms with E-state index < -0.39 is 0 Å². The Morgan fingerprint density at radius 1 is 0.396 bits per heavy atom. The van der Waals surface area contributed by atoms with Crippen molar-refractivity contribution in [3.8, 4) is 44.5 Å². The first-order valence-corrected chi connectivity index (χ1v) is 16.5. The van der Waals surface area contributed by atoms with E-state index >= 15 is 0 Å². The quantitative estimate of drug-likeness (QED) is 0.195. The molecule has 7 aromatic carbocycles. The van der Waals surface area contributed by atoms with Gasteiger partial charge < -0.3 is 4.42 Å². The van der Waals surface area contributed by atoms with Gasteiger partial charge in [0.05, 0.1) is 10.9 Å². The number of hydrogen-bond donors (Lipinski definition) is 0. The minimum absolute atomic E-state index is 0.376. The number of para-hydroxylation sites is 1. The van der Waals surface area contributed by atoms with Crippen molar-refractivity contribution in [2.75, 3.05) is 0 Å². The van der Waals surface area contributed by atoms with Crippen LogP contribution in [0.4, 0.5) is 0 Å². The second-order valence-corrected chi connectivity index (χ2v) is 13.1. The summed E-state index contributed by atoms with van der Waals surface area (Å²) >= 11 is 0. The van der Waals surface area contributed by atoms with Crippen molar-refractivity contribution in [3.63, 3.8) is 0 Å². The molecule has 0 N–H and O–H groups in total. The highest BCUT2D eigenvalue weighted by Crippen LogP contribution is 2.63. The van der Waals surface area contributed by atoms with Gasteiger partial charge in [-0.15, -0.1) is 0 Å². The summed E-state index contributed by atoms with van der Waals surface area (Å²) in [5, 5.41) is 3.44. The standard InChI is InChI=1S/C46H27NO/c1-4-15-39-33(11-1)34-12-2-5-16-40(34)46(39)41-17-6-3-13-35(41)36-26-38-37-25-31(22-23-43(37)48-44(38)27-42(36)46)28-18-20-29(21-19-28)32-14-7-9-30-10-8-24-47-45(30)32/h1-27H. The molecule has 0 bridgehead atoms. The van der Waals surface area contributed by atoms with Gasteiger partial charge in [-0.2, -0.15) is 0 Å². The van der Waals surface area contributed by atoms with Crippen LogP contribution in [-0.2, 0) is 5.41 Å². The predicted molar refractivity (Wildman–Crippen MR) is 196 cm³/mol. The fourth-order valence-electron chi connectivity index (χ4n) is 8.72. The zero-order chi connectivity index (χ0) is 31.4. The van der Waals surface area contributed by atoms with Crippen LogP contribution in [0.5, 0.6) is 0 Å². The smallest absolute Gasteiger partial charge is 0.135 e. The molecule has 0 amide bonds. The molecule has 11 rings (SSSR count). The molecule has 1 spiro atoms. The number of nitrogens with zero attached hydrogens (tertiary/aromatic N) is 1. The zero-order valence-corrected chi connectivity index (χ0v) is 25.9. The number of pyridine rings is 1. The molecule has 0 unspecified atom stereocenters. The maximum Gasteiger partial charge on any atom is 0.135 e. The second-order valence-electron chi connectivity index (χ2n) is 13.1. The molecule has 0 saturated carbocycles. The first-order chi connectivity index (χ1) is 23.8. The van der Waals surface area contributed by atoms with Crippen molar-refractivity contribution in [2.24, 2.45) is 0 Å². The van der Waals surface area contributed by atoms with Gasteiger partial charge in [0.25, 0.3) is 0 Å². The molecule has 222 valence electrons. The number of fused-ring (bicyclic) bond motifs is 14. The average molecular weight is 610 g/mol. The molecule has 9 aromatic rings. The summed E-state index contributed by atoms with van der Waals surface area (Å²) in [7, 11) is 0. The summed E-state index contributed by atoms with van der Waals surface area (Å²) in [5.41, 5.74) is 17.7. The molecule has 0 saturated heterocycles. The molecule has 2 aliphatic rings. The largest absolute Gasteiger partial charge is 0.456 e. The van der Waals surface area contributed by atoms with Crippen LogP contribution in [0, 0.1) is 0 Å². The van der Waals surface area contributed by atoms with E-state index in [0.717, 1.165) is 44.0 Å². The van der Waals surface area contributed by atoms with Crippen LogP contribution in [0.25, 0.3) is 77.3 Å². The van der Waals surface area contributed by atoms with E-state index in [9.17, 15) is 0 Å². The van der Waals surface area contributed by atoms with Crippen LogP contribution in [0.1, 0.15) is 22.3 Å². The molecule has 48 heavy (non-hydrogen) atoms. The Bertz CT molecular complexity index is 2730. The summed E-state index contributed by atoms with van der Waals surface area (Å²) in [6, 6.07) is 57.4. The van der Waals surface area contributed by atoms with Crippen LogP contribution in [0.2, 0.25) is 0 Å². The molecular weight excluding hydrogens is 583 g/mol. The zero-order valence-electron chi connectivity index (χ0n) is 25.9. The minimum atomic E-state index is -0.376. The first kappa shape index (κ1) is 25.9. The highest BCUT2D eigenvalue weighted by atomic mass is 16.3. The van der Waals surface area contributed by atoms with Gasteiger partial charge in [0.1, 0.15) is 11.2 Å².